The number of nitrogens with zero attached hydrogens (tertiary/aromatic N) is 1. The maximum Gasteiger partial charge on any atom is 0.119 e. The van der Waals surface area contributed by atoms with Crippen LogP contribution in [-0.2, 0) is 6.42 Å². The van der Waals surface area contributed by atoms with E-state index in [1.807, 2.05) is 6.07 Å². The van der Waals surface area contributed by atoms with Crippen LogP contribution in [0.3, 0.4) is 0 Å². The molecule has 0 saturated heterocycles. The summed E-state index contributed by atoms with van der Waals surface area (Å²) in [5.74, 6) is 0.951. The largest absolute Gasteiger partial charge is 0.494 e. The number of hydrogen-bond acceptors (Lipinski definition) is 4. The summed E-state index contributed by atoms with van der Waals surface area (Å²) in [6, 6.07) is 8.67. The van der Waals surface area contributed by atoms with Crippen molar-refractivity contribution in [3.8, 4) is 5.75 Å². The van der Waals surface area contributed by atoms with Gasteiger partial charge in [0, 0.05) is 17.8 Å². The minimum Gasteiger partial charge on any atom is -0.494 e. The molecule has 1 atom stereocenters. The summed E-state index contributed by atoms with van der Waals surface area (Å²) in [4.78, 5) is 4.58. The Morgan fingerprint density at radius 1 is 1.33 bits per heavy atom. The van der Waals surface area contributed by atoms with Gasteiger partial charge >= 0.3 is 0 Å². The molecule has 0 amide bonds. The van der Waals surface area contributed by atoms with Crippen LogP contribution in [0.5, 0.6) is 5.75 Å². The minimum atomic E-state index is 0.279. The number of thiazole rings is 1. The lowest BCUT2D eigenvalue weighted by Gasteiger charge is -2.18. The molecule has 0 saturated carbocycles. The molecule has 2 rings (SSSR count). The molecule has 4 heteroatoms. The quantitative estimate of drug-likeness (QED) is 0.796. The van der Waals surface area contributed by atoms with Gasteiger partial charge in [-0.1, -0.05) is 26.0 Å². The van der Waals surface area contributed by atoms with Crippen molar-refractivity contribution >= 4 is 11.3 Å². The van der Waals surface area contributed by atoms with Crippen molar-refractivity contribution in [2.75, 3.05) is 13.2 Å². The summed E-state index contributed by atoms with van der Waals surface area (Å²) in [5, 5.41) is 6.82. The predicted molar refractivity (Wildman–Crippen MR) is 89.2 cm³/mol. The molecule has 1 aromatic carbocycles. The molecule has 1 N–H and O–H groups in total. The number of hydrogen-bond donors (Lipinski definition) is 1. The summed E-state index contributed by atoms with van der Waals surface area (Å²) in [7, 11) is 0. The minimum absolute atomic E-state index is 0.279. The molecule has 0 bridgehead atoms. The van der Waals surface area contributed by atoms with Crippen molar-refractivity contribution in [2.24, 2.45) is 0 Å². The zero-order chi connectivity index (χ0) is 15.1. The fourth-order valence-corrected chi connectivity index (χ4v) is 2.93. The highest BCUT2D eigenvalue weighted by atomic mass is 32.1. The van der Waals surface area contributed by atoms with Crippen molar-refractivity contribution in [1.29, 1.82) is 0 Å². The first-order valence-electron chi connectivity index (χ1n) is 7.60. The van der Waals surface area contributed by atoms with Crippen molar-refractivity contribution in [3.63, 3.8) is 0 Å². The van der Waals surface area contributed by atoms with Crippen LogP contribution in [0, 0.1) is 6.92 Å². The van der Waals surface area contributed by atoms with E-state index in [9.17, 15) is 0 Å². The Morgan fingerprint density at radius 3 is 2.86 bits per heavy atom. The lowest BCUT2D eigenvalue weighted by atomic mass is 10.0. The normalized spacial score (nSPS) is 12.3. The molecule has 0 aliphatic carbocycles. The first-order valence-corrected chi connectivity index (χ1v) is 8.48. The van der Waals surface area contributed by atoms with Gasteiger partial charge in [-0.3, -0.25) is 0 Å². The fourth-order valence-electron chi connectivity index (χ4n) is 2.31. The number of benzene rings is 1. The number of aromatic nitrogens is 1. The Labute approximate surface area is 131 Å². The van der Waals surface area contributed by atoms with Gasteiger partial charge in [0.05, 0.1) is 17.3 Å². The van der Waals surface area contributed by atoms with E-state index in [4.69, 9.17) is 4.74 Å². The zero-order valence-corrected chi connectivity index (χ0v) is 13.9. The number of likely N-dealkylation sites (N-methyl/N-ethyl adjacent to an activating group) is 1. The molecule has 1 heterocycles. The second kappa shape index (κ2) is 8.15. The topological polar surface area (TPSA) is 34.1 Å². The third kappa shape index (κ3) is 4.83. The van der Waals surface area contributed by atoms with Gasteiger partial charge in [-0.2, -0.15) is 0 Å². The van der Waals surface area contributed by atoms with E-state index in [2.05, 4.69) is 54.7 Å². The molecule has 2 aromatic rings. The molecular weight excluding hydrogens is 280 g/mol. The molecule has 0 aliphatic heterocycles. The zero-order valence-electron chi connectivity index (χ0n) is 13.1. The average Bonchev–Trinajstić information content (AvgIpc) is 2.90. The summed E-state index contributed by atoms with van der Waals surface area (Å²) < 4.78 is 5.74. The van der Waals surface area contributed by atoms with Crippen LogP contribution in [0.15, 0.2) is 29.6 Å². The Hall–Kier alpha value is -1.39. The maximum atomic E-state index is 5.74. The lowest BCUT2D eigenvalue weighted by Crippen LogP contribution is -2.23. The molecule has 21 heavy (non-hydrogen) atoms. The van der Waals surface area contributed by atoms with Gasteiger partial charge in [0.15, 0.2) is 0 Å². The summed E-state index contributed by atoms with van der Waals surface area (Å²) in [6.45, 7) is 8.01. The van der Waals surface area contributed by atoms with Gasteiger partial charge < -0.3 is 10.1 Å². The first kappa shape index (κ1) is 16.0. The van der Waals surface area contributed by atoms with Gasteiger partial charge in [-0.25, -0.2) is 4.98 Å². The van der Waals surface area contributed by atoms with Crippen molar-refractivity contribution in [3.05, 3.63) is 45.9 Å². The van der Waals surface area contributed by atoms with E-state index >= 15 is 0 Å². The maximum absolute atomic E-state index is 5.74. The first-order chi connectivity index (χ1) is 10.2. The third-order valence-corrected chi connectivity index (χ3v) is 4.09. The van der Waals surface area contributed by atoms with Gasteiger partial charge in [-0.05, 0) is 37.6 Å². The van der Waals surface area contributed by atoms with Gasteiger partial charge in [0.2, 0.25) is 0 Å². The Bertz CT molecular complexity index is 553. The van der Waals surface area contributed by atoms with Crippen molar-refractivity contribution < 1.29 is 4.74 Å². The molecule has 0 aliphatic rings. The predicted octanol–water partition coefficient (Wildman–Crippen LogP) is 4.13. The van der Waals surface area contributed by atoms with Crippen LogP contribution in [0.4, 0.5) is 0 Å². The number of nitrogens with one attached hydrogen (secondary N) is 1. The molecule has 0 fully saturated rings. The van der Waals surface area contributed by atoms with Crippen LogP contribution < -0.4 is 10.1 Å². The Balaban J connectivity index is 2.13. The molecule has 0 radical (unpaired) electrons. The SMILES string of the molecule is CCCOc1cccc(C(Cc2csc(C)n2)NCC)c1. The Morgan fingerprint density at radius 2 is 2.19 bits per heavy atom. The van der Waals surface area contributed by atoms with Gasteiger partial charge in [0.1, 0.15) is 5.75 Å². The van der Waals surface area contributed by atoms with E-state index in [0.717, 1.165) is 42.4 Å². The molecule has 1 aromatic heterocycles. The summed E-state index contributed by atoms with van der Waals surface area (Å²) in [6.07, 6.45) is 1.94. The molecule has 0 spiro atoms. The van der Waals surface area contributed by atoms with E-state index < -0.39 is 0 Å². The Kier molecular flexibility index (Phi) is 6.21. The van der Waals surface area contributed by atoms with Crippen LogP contribution >= 0.6 is 11.3 Å². The third-order valence-electron chi connectivity index (χ3n) is 3.26. The monoisotopic (exact) mass is 304 g/mol. The number of ether oxygens (including phenoxy) is 1. The highest BCUT2D eigenvalue weighted by Gasteiger charge is 2.13. The second-order valence-corrected chi connectivity index (χ2v) is 6.16. The van der Waals surface area contributed by atoms with E-state index in [0.29, 0.717) is 0 Å². The van der Waals surface area contributed by atoms with E-state index in [1.54, 1.807) is 11.3 Å². The smallest absolute Gasteiger partial charge is 0.119 e. The van der Waals surface area contributed by atoms with Crippen LogP contribution in [0.2, 0.25) is 0 Å². The van der Waals surface area contributed by atoms with Crippen LogP contribution in [0.25, 0.3) is 0 Å². The molecule has 114 valence electrons. The molecule has 3 nitrogen and oxygen atoms in total. The lowest BCUT2D eigenvalue weighted by molar-refractivity contribution is 0.316. The van der Waals surface area contributed by atoms with Gasteiger partial charge in [0.25, 0.3) is 0 Å². The van der Waals surface area contributed by atoms with Crippen molar-refractivity contribution in [1.82, 2.24) is 10.3 Å². The standard InChI is InChI=1S/C17H24N2OS/c1-4-9-20-16-8-6-7-14(10-16)17(18-5-2)11-15-12-21-13(3)19-15/h6-8,10,12,17-18H,4-5,9,11H2,1-3H3. The van der Waals surface area contributed by atoms with E-state index in [1.165, 1.54) is 5.56 Å². The molecular formula is C17H24N2OS. The molecule has 1 unspecified atom stereocenters. The van der Waals surface area contributed by atoms with Crippen molar-refractivity contribution in [2.45, 2.75) is 39.7 Å². The highest BCUT2D eigenvalue weighted by molar-refractivity contribution is 7.09. The van der Waals surface area contributed by atoms with Crippen LogP contribution in [0.1, 0.15) is 42.6 Å². The van der Waals surface area contributed by atoms with Gasteiger partial charge in [-0.15, -0.1) is 11.3 Å². The summed E-state index contributed by atoms with van der Waals surface area (Å²) >= 11 is 1.71. The van der Waals surface area contributed by atoms with Crippen LogP contribution in [-0.4, -0.2) is 18.1 Å². The number of rotatable bonds is 8. The van der Waals surface area contributed by atoms with E-state index in [-0.39, 0.29) is 6.04 Å². The number of aryl methyl sites for hydroxylation is 1. The summed E-state index contributed by atoms with van der Waals surface area (Å²) in [5.41, 5.74) is 2.42. The second-order valence-electron chi connectivity index (χ2n) is 5.09. The highest BCUT2D eigenvalue weighted by Crippen LogP contribution is 2.23. The fraction of sp³-hybridized carbons (Fsp3) is 0.471. The average molecular weight is 304 g/mol.